The molecule has 5 heteroatoms. The van der Waals surface area contributed by atoms with Gasteiger partial charge in [0, 0.05) is 0 Å². The molecule has 0 saturated carbocycles. The number of rotatable bonds is 2. The molecule has 0 aromatic heterocycles. The standard InChI is InChI=1S/C14H15OSi.C5H5.2CO.Ru/c1-11-7-3-5-9-13(11)16(15)14-10-6-4-8-12(14)2;1-2-4-5-3-1;2*1-2;/h3-10,15H,1-2H3;1-5H;;;/q;-1;;;. The number of hydrogen-bond acceptors (Lipinski definition) is 3. The molecule has 3 aromatic rings. The van der Waals surface area contributed by atoms with Crippen molar-refractivity contribution in [3.63, 3.8) is 0 Å². The molecule has 1 N–H and O–H groups in total. The second kappa shape index (κ2) is 13.0. The smallest absolute Gasteiger partial charge is 0.172 e. The molecule has 0 spiro atoms. The van der Waals surface area contributed by atoms with Gasteiger partial charge in [0.25, 0.3) is 9.04 Å². The Hall–Kier alpha value is -2.25. The van der Waals surface area contributed by atoms with Crippen molar-refractivity contribution in [2.75, 3.05) is 0 Å². The van der Waals surface area contributed by atoms with Gasteiger partial charge in [-0.2, -0.15) is 18.2 Å². The summed E-state index contributed by atoms with van der Waals surface area (Å²) in [6.07, 6.45) is 0. The molecule has 26 heavy (non-hydrogen) atoms. The quantitative estimate of drug-likeness (QED) is 0.481. The summed E-state index contributed by atoms with van der Waals surface area (Å²) in [6, 6.07) is 26.1. The summed E-state index contributed by atoms with van der Waals surface area (Å²) < 4.78 is 2.87. The van der Waals surface area contributed by atoms with Crippen LogP contribution in [0.2, 0.25) is 0 Å². The van der Waals surface area contributed by atoms with E-state index in [1.54, 1.807) is 0 Å². The predicted molar refractivity (Wildman–Crippen MR) is 103 cm³/mol. The SMILES string of the molecule is Cc1ccccc1[Si](O)c1ccccc1C.O=[C]=[Ru]=[C]=O.c1cc[cH-]c1. The molecule has 135 valence electrons. The largest absolute Gasteiger partial charge is 0.214 e. The van der Waals surface area contributed by atoms with Crippen molar-refractivity contribution in [2.24, 2.45) is 0 Å². The van der Waals surface area contributed by atoms with Crippen molar-refractivity contribution in [1.29, 1.82) is 0 Å². The zero-order valence-electron chi connectivity index (χ0n) is 14.6. The van der Waals surface area contributed by atoms with Crippen LogP contribution in [0.25, 0.3) is 0 Å². The van der Waals surface area contributed by atoms with Crippen LogP contribution in [-0.4, -0.2) is 22.8 Å². The number of benzene rings is 2. The van der Waals surface area contributed by atoms with Crippen LogP contribution in [-0.2, 0) is 25.8 Å². The molecule has 0 unspecified atom stereocenters. The van der Waals surface area contributed by atoms with Gasteiger partial charge in [0.15, 0.2) is 0 Å². The zero-order valence-corrected chi connectivity index (χ0v) is 17.4. The van der Waals surface area contributed by atoms with E-state index in [4.69, 9.17) is 9.59 Å². The molecule has 0 aliphatic carbocycles. The van der Waals surface area contributed by atoms with E-state index in [9.17, 15) is 4.80 Å². The van der Waals surface area contributed by atoms with Crippen LogP contribution in [0.3, 0.4) is 0 Å². The number of hydrogen-bond donors (Lipinski definition) is 1. The summed E-state index contributed by atoms with van der Waals surface area (Å²) in [5.74, 6) is 0. The first-order valence-corrected chi connectivity index (χ1v) is 11.0. The summed E-state index contributed by atoms with van der Waals surface area (Å²) in [6.45, 7) is 4.10. The summed E-state index contributed by atoms with van der Waals surface area (Å²) in [5, 5.41) is 2.17. The van der Waals surface area contributed by atoms with Gasteiger partial charge >= 0.3 is 34.8 Å². The molecule has 3 nitrogen and oxygen atoms in total. The molecular weight excluding hydrogens is 429 g/mol. The molecular formula is C21H20O3RuSi-. The van der Waals surface area contributed by atoms with E-state index in [1.165, 1.54) is 20.1 Å². The summed E-state index contributed by atoms with van der Waals surface area (Å²) in [4.78, 5) is 28.6. The molecule has 0 saturated heterocycles. The third kappa shape index (κ3) is 7.76. The molecule has 0 amide bonds. The summed E-state index contributed by atoms with van der Waals surface area (Å²) in [5.41, 5.74) is 2.34. The Bertz CT molecular complexity index is 814. The second-order valence-corrected chi connectivity index (χ2v) is 8.09. The van der Waals surface area contributed by atoms with E-state index in [2.05, 4.69) is 26.0 Å². The minimum absolute atomic E-state index is 0.842. The molecule has 0 bridgehead atoms. The van der Waals surface area contributed by atoms with E-state index >= 15 is 0 Å². The predicted octanol–water partition coefficient (Wildman–Crippen LogP) is 2.01. The van der Waals surface area contributed by atoms with Crippen molar-refractivity contribution in [3.05, 3.63) is 90.0 Å². The van der Waals surface area contributed by atoms with Crippen molar-refractivity contribution >= 4 is 28.4 Å². The minimum atomic E-state index is -1.60. The number of carbonyl (C=O) groups excluding carboxylic acids is 2. The number of aryl methyl sites for hydroxylation is 2. The molecule has 0 heterocycles. The Kier molecular flexibility index (Phi) is 10.9. The van der Waals surface area contributed by atoms with Gasteiger partial charge in [-0.1, -0.05) is 48.5 Å². The van der Waals surface area contributed by atoms with E-state index in [0.29, 0.717) is 0 Å². The van der Waals surface area contributed by atoms with E-state index in [-0.39, 0.29) is 0 Å². The van der Waals surface area contributed by atoms with Crippen LogP contribution >= 0.6 is 0 Å². The maximum absolute atomic E-state index is 10.5. The molecule has 3 aromatic carbocycles. The Morgan fingerprint density at radius 1 is 0.808 bits per heavy atom. The van der Waals surface area contributed by atoms with Crippen LogP contribution in [0.5, 0.6) is 0 Å². The molecule has 0 fully saturated rings. The van der Waals surface area contributed by atoms with Crippen LogP contribution in [0.1, 0.15) is 11.1 Å². The zero-order chi connectivity index (χ0) is 19.2. The van der Waals surface area contributed by atoms with Gasteiger partial charge < -0.3 is 4.80 Å². The molecule has 0 atom stereocenters. The first-order valence-electron chi connectivity index (χ1n) is 7.81. The average Bonchev–Trinajstić information content (AvgIpc) is 3.23. The van der Waals surface area contributed by atoms with E-state index in [0.717, 1.165) is 10.4 Å². The van der Waals surface area contributed by atoms with Gasteiger partial charge in [0.1, 0.15) is 0 Å². The maximum Gasteiger partial charge on any atom is -0.172 e. The minimum Gasteiger partial charge on any atom is -0.214 e. The summed E-state index contributed by atoms with van der Waals surface area (Å²) >= 11 is -0.842. The molecule has 0 aliphatic rings. The topological polar surface area (TPSA) is 54.4 Å². The van der Waals surface area contributed by atoms with E-state index in [1.807, 2.05) is 66.7 Å². The Morgan fingerprint density at radius 3 is 1.50 bits per heavy atom. The molecule has 3 rings (SSSR count). The third-order valence-electron chi connectivity index (χ3n) is 3.43. The van der Waals surface area contributed by atoms with Gasteiger partial charge in [-0.3, -0.25) is 0 Å². The molecule has 1 radical (unpaired) electrons. The average molecular weight is 450 g/mol. The fourth-order valence-electron chi connectivity index (χ4n) is 2.16. The van der Waals surface area contributed by atoms with Crippen LogP contribution in [0.15, 0.2) is 78.9 Å². The fraction of sp³-hybridized carbons (Fsp3) is 0.0952. The van der Waals surface area contributed by atoms with Gasteiger partial charge in [0.2, 0.25) is 0 Å². The van der Waals surface area contributed by atoms with Crippen LogP contribution in [0.4, 0.5) is 0 Å². The van der Waals surface area contributed by atoms with Crippen molar-refractivity contribution < 1.29 is 30.6 Å². The van der Waals surface area contributed by atoms with Crippen molar-refractivity contribution in [3.8, 4) is 0 Å². The monoisotopic (exact) mass is 450 g/mol. The first kappa shape index (κ1) is 21.8. The van der Waals surface area contributed by atoms with Crippen molar-refractivity contribution in [2.45, 2.75) is 13.8 Å². The van der Waals surface area contributed by atoms with Crippen LogP contribution < -0.4 is 10.4 Å². The van der Waals surface area contributed by atoms with Crippen molar-refractivity contribution in [1.82, 2.24) is 0 Å². The van der Waals surface area contributed by atoms with Gasteiger partial charge in [-0.25, -0.2) is 12.1 Å². The summed E-state index contributed by atoms with van der Waals surface area (Å²) in [7, 11) is -1.60. The maximum atomic E-state index is 10.5. The Morgan fingerprint density at radius 2 is 1.23 bits per heavy atom. The van der Waals surface area contributed by atoms with E-state index < -0.39 is 25.3 Å². The fourth-order valence-corrected chi connectivity index (χ4v) is 3.94. The van der Waals surface area contributed by atoms with Gasteiger partial charge in [-0.05, 0) is 35.3 Å². The van der Waals surface area contributed by atoms with Gasteiger partial charge in [-0.15, -0.1) is 0 Å². The molecule has 0 aliphatic heterocycles. The normalized spacial score (nSPS) is 9.08. The van der Waals surface area contributed by atoms with Gasteiger partial charge in [0.05, 0.1) is 0 Å². The second-order valence-electron chi connectivity index (χ2n) is 5.17. The first-order chi connectivity index (χ1) is 12.6. The Balaban J connectivity index is 0.000000277. The van der Waals surface area contributed by atoms with Crippen LogP contribution in [0, 0.1) is 13.8 Å². The third-order valence-corrected chi connectivity index (χ3v) is 5.93. The Labute approximate surface area is 162 Å².